The summed E-state index contributed by atoms with van der Waals surface area (Å²) in [7, 11) is 0. The molecule has 1 fully saturated rings. The summed E-state index contributed by atoms with van der Waals surface area (Å²) in [4.78, 5) is 21.0. The van der Waals surface area contributed by atoms with Gasteiger partial charge < -0.3 is 10.2 Å². The monoisotopic (exact) mass is 275 g/mol. The molecule has 4 nitrogen and oxygen atoms in total. The molecule has 1 aliphatic carbocycles. The SMILES string of the molecule is O=C(O)[C@H]1CC[C@H](C(=O)O)CC1.[Rh]. The van der Waals surface area contributed by atoms with Gasteiger partial charge in [0.15, 0.2) is 0 Å². The minimum atomic E-state index is -0.793. The standard InChI is InChI=1S/C8H12O4.Rh/c9-7(10)5-1-2-6(4-3-5)8(11)12;/h5-6H,1-4H2,(H,9,10)(H,11,12);/t5-,6-;. The topological polar surface area (TPSA) is 74.6 Å². The van der Waals surface area contributed by atoms with Crippen LogP contribution in [0.2, 0.25) is 0 Å². The molecule has 0 spiro atoms. The third-order valence-electron chi connectivity index (χ3n) is 2.43. The fraction of sp³-hybridized carbons (Fsp3) is 0.750. The molecular weight excluding hydrogens is 263 g/mol. The van der Waals surface area contributed by atoms with Crippen LogP contribution in [0.3, 0.4) is 0 Å². The van der Waals surface area contributed by atoms with Crippen molar-refractivity contribution in [1.82, 2.24) is 0 Å². The second-order valence-corrected chi connectivity index (χ2v) is 3.23. The molecule has 0 aromatic carbocycles. The van der Waals surface area contributed by atoms with Gasteiger partial charge in [0.1, 0.15) is 0 Å². The molecular formula is C8H12O4Rh. The van der Waals surface area contributed by atoms with E-state index in [4.69, 9.17) is 10.2 Å². The molecule has 1 radical (unpaired) electrons. The van der Waals surface area contributed by atoms with E-state index in [0.717, 1.165) is 0 Å². The van der Waals surface area contributed by atoms with Gasteiger partial charge in [-0.2, -0.15) is 0 Å². The maximum Gasteiger partial charge on any atom is 0.306 e. The summed E-state index contributed by atoms with van der Waals surface area (Å²) < 4.78 is 0. The number of hydrogen-bond donors (Lipinski definition) is 2. The first-order valence-electron chi connectivity index (χ1n) is 4.07. The molecule has 0 unspecified atom stereocenters. The zero-order chi connectivity index (χ0) is 9.14. The quantitative estimate of drug-likeness (QED) is 0.736. The van der Waals surface area contributed by atoms with Crippen molar-refractivity contribution in [1.29, 1.82) is 0 Å². The van der Waals surface area contributed by atoms with Crippen molar-refractivity contribution in [3.8, 4) is 0 Å². The first kappa shape index (κ1) is 12.6. The molecule has 0 aromatic heterocycles. The Bertz CT molecular complexity index is 174. The Morgan fingerprint density at radius 1 is 0.846 bits per heavy atom. The molecule has 1 saturated carbocycles. The number of hydrogen-bond acceptors (Lipinski definition) is 2. The van der Waals surface area contributed by atoms with Crippen LogP contribution in [0.5, 0.6) is 0 Å². The van der Waals surface area contributed by atoms with Crippen molar-refractivity contribution in [2.45, 2.75) is 25.7 Å². The van der Waals surface area contributed by atoms with Crippen LogP contribution in [0.4, 0.5) is 0 Å². The van der Waals surface area contributed by atoms with E-state index in [1.165, 1.54) is 0 Å². The van der Waals surface area contributed by atoms with Gasteiger partial charge in [-0.1, -0.05) is 0 Å². The molecule has 0 aliphatic heterocycles. The zero-order valence-electron chi connectivity index (χ0n) is 7.03. The molecule has 77 valence electrons. The van der Waals surface area contributed by atoms with Crippen LogP contribution >= 0.6 is 0 Å². The maximum absolute atomic E-state index is 10.5. The fourth-order valence-electron chi connectivity index (χ4n) is 1.59. The summed E-state index contributed by atoms with van der Waals surface area (Å²) in [6, 6.07) is 0. The summed E-state index contributed by atoms with van der Waals surface area (Å²) in [6.07, 6.45) is 2.03. The van der Waals surface area contributed by atoms with E-state index in [2.05, 4.69) is 0 Å². The first-order chi connectivity index (χ1) is 5.61. The zero-order valence-corrected chi connectivity index (χ0v) is 8.67. The van der Waals surface area contributed by atoms with Crippen LogP contribution in [0.15, 0.2) is 0 Å². The van der Waals surface area contributed by atoms with Crippen LogP contribution in [-0.4, -0.2) is 22.2 Å². The van der Waals surface area contributed by atoms with Gasteiger partial charge in [-0.15, -0.1) is 0 Å². The molecule has 13 heavy (non-hydrogen) atoms. The smallest absolute Gasteiger partial charge is 0.306 e. The summed E-state index contributed by atoms with van der Waals surface area (Å²) >= 11 is 0. The Balaban J connectivity index is 0.00000144. The van der Waals surface area contributed by atoms with E-state index in [9.17, 15) is 9.59 Å². The van der Waals surface area contributed by atoms with Gasteiger partial charge in [-0.3, -0.25) is 9.59 Å². The molecule has 0 aromatic rings. The molecule has 0 bridgehead atoms. The van der Waals surface area contributed by atoms with Gasteiger partial charge in [0.25, 0.3) is 0 Å². The van der Waals surface area contributed by atoms with Crippen molar-refractivity contribution in [2.75, 3.05) is 0 Å². The second kappa shape index (κ2) is 5.33. The van der Waals surface area contributed by atoms with Crippen molar-refractivity contribution in [3.05, 3.63) is 0 Å². The Morgan fingerprint density at radius 3 is 1.23 bits per heavy atom. The van der Waals surface area contributed by atoms with E-state index in [1.54, 1.807) is 0 Å². The largest absolute Gasteiger partial charge is 0.481 e. The summed E-state index contributed by atoms with van der Waals surface area (Å²) in [5.41, 5.74) is 0. The third-order valence-corrected chi connectivity index (χ3v) is 2.43. The van der Waals surface area contributed by atoms with Gasteiger partial charge in [0, 0.05) is 19.5 Å². The van der Waals surface area contributed by atoms with Crippen molar-refractivity contribution >= 4 is 11.9 Å². The Labute approximate surface area is 89.1 Å². The molecule has 0 atom stereocenters. The summed E-state index contributed by atoms with van der Waals surface area (Å²) in [5, 5.41) is 17.2. The van der Waals surface area contributed by atoms with Gasteiger partial charge >= 0.3 is 11.9 Å². The van der Waals surface area contributed by atoms with Crippen LogP contribution in [-0.2, 0) is 29.1 Å². The van der Waals surface area contributed by atoms with Gasteiger partial charge in [-0.05, 0) is 25.7 Å². The van der Waals surface area contributed by atoms with Crippen LogP contribution in [0, 0.1) is 11.8 Å². The number of carbonyl (C=O) groups is 2. The van der Waals surface area contributed by atoms with E-state index < -0.39 is 11.9 Å². The number of carboxylic acid groups (broad SMARTS) is 2. The number of carboxylic acids is 2. The van der Waals surface area contributed by atoms with Crippen LogP contribution < -0.4 is 0 Å². The first-order valence-corrected chi connectivity index (χ1v) is 4.07. The van der Waals surface area contributed by atoms with E-state index in [-0.39, 0.29) is 31.3 Å². The minimum absolute atomic E-state index is 0. The van der Waals surface area contributed by atoms with Crippen LogP contribution in [0.1, 0.15) is 25.7 Å². The molecule has 0 amide bonds. The second-order valence-electron chi connectivity index (χ2n) is 3.23. The molecule has 1 aliphatic rings. The third kappa shape index (κ3) is 3.43. The fourth-order valence-corrected chi connectivity index (χ4v) is 1.59. The summed E-state index contributed by atoms with van der Waals surface area (Å²) in [6.45, 7) is 0. The van der Waals surface area contributed by atoms with Gasteiger partial charge in [0.05, 0.1) is 11.8 Å². The van der Waals surface area contributed by atoms with Crippen LogP contribution in [0.25, 0.3) is 0 Å². The average molecular weight is 275 g/mol. The van der Waals surface area contributed by atoms with Crippen molar-refractivity contribution in [2.24, 2.45) is 11.8 Å². The number of rotatable bonds is 2. The van der Waals surface area contributed by atoms with Gasteiger partial charge in [-0.25, -0.2) is 0 Å². The Kier molecular flexibility index (Phi) is 5.15. The van der Waals surface area contributed by atoms with Crippen molar-refractivity contribution in [3.63, 3.8) is 0 Å². The van der Waals surface area contributed by atoms with Gasteiger partial charge in [0.2, 0.25) is 0 Å². The minimum Gasteiger partial charge on any atom is -0.481 e. The maximum atomic E-state index is 10.5. The van der Waals surface area contributed by atoms with Crippen molar-refractivity contribution < 1.29 is 39.3 Å². The van der Waals surface area contributed by atoms with E-state index >= 15 is 0 Å². The predicted molar refractivity (Wildman–Crippen MR) is 40.7 cm³/mol. The Hall–Kier alpha value is -0.437. The average Bonchev–Trinajstić information content (AvgIpc) is 2.04. The summed E-state index contributed by atoms with van der Waals surface area (Å²) in [5.74, 6) is -2.22. The molecule has 1 rings (SSSR count). The normalized spacial score (nSPS) is 27.4. The van der Waals surface area contributed by atoms with E-state index in [1.807, 2.05) is 0 Å². The molecule has 0 saturated heterocycles. The molecule has 2 N–H and O–H groups in total. The Morgan fingerprint density at radius 2 is 1.08 bits per heavy atom. The molecule has 0 heterocycles. The predicted octanol–water partition coefficient (Wildman–Crippen LogP) is 0.959. The van der Waals surface area contributed by atoms with E-state index in [0.29, 0.717) is 25.7 Å². The molecule has 5 heteroatoms. The number of aliphatic carboxylic acids is 2.